The lowest BCUT2D eigenvalue weighted by molar-refractivity contribution is -0.201. The molecule has 1 aliphatic heterocycles. The Kier molecular flexibility index (Phi) is 7.03. The van der Waals surface area contributed by atoms with Crippen LogP contribution in [0.15, 0.2) is 0 Å². The molecule has 0 bridgehead atoms. The second-order valence-corrected chi connectivity index (χ2v) is 6.52. The van der Waals surface area contributed by atoms with Crippen molar-refractivity contribution in [2.45, 2.75) is 50.9 Å². The van der Waals surface area contributed by atoms with E-state index in [4.69, 9.17) is 18.9 Å². The molecule has 0 unspecified atom stereocenters. The normalized spacial score (nSPS) is 29.3. The fourth-order valence-corrected chi connectivity index (χ4v) is 3.36. The first-order valence-corrected chi connectivity index (χ1v) is 8.05. The molecule has 24 heavy (non-hydrogen) atoms. The van der Waals surface area contributed by atoms with Crippen LogP contribution in [0.25, 0.3) is 0 Å². The van der Waals surface area contributed by atoms with E-state index in [2.05, 4.69) is 0 Å². The van der Waals surface area contributed by atoms with Crippen molar-refractivity contribution in [3.05, 3.63) is 0 Å². The van der Waals surface area contributed by atoms with Crippen molar-refractivity contribution in [1.29, 1.82) is 0 Å². The molecule has 136 valence electrons. The first-order valence-electron chi connectivity index (χ1n) is 7.06. The van der Waals surface area contributed by atoms with Gasteiger partial charge in [-0.2, -0.15) is 0 Å². The van der Waals surface area contributed by atoms with Crippen LogP contribution in [0, 0.1) is 0 Å². The molecule has 4 atom stereocenters. The van der Waals surface area contributed by atoms with Gasteiger partial charge in [-0.3, -0.25) is 19.2 Å². The Balaban J connectivity index is 3.14. The van der Waals surface area contributed by atoms with Crippen molar-refractivity contribution in [3.8, 4) is 0 Å². The van der Waals surface area contributed by atoms with Gasteiger partial charge in [0.2, 0.25) is 0 Å². The van der Waals surface area contributed by atoms with Crippen LogP contribution >= 0.6 is 11.8 Å². The van der Waals surface area contributed by atoms with Crippen LogP contribution in [0.3, 0.4) is 0 Å². The molecule has 0 aromatic heterocycles. The van der Waals surface area contributed by atoms with E-state index in [1.54, 1.807) is 0 Å². The molecule has 1 aliphatic rings. The number of rotatable bonds is 5. The van der Waals surface area contributed by atoms with Crippen molar-refractivity contribution < 1.29 is 43.2 Å². The van der Waals surface area contributed by atoms with E-state index in [-0.39, 0.29) is 5.75 Å². The quantitative estimate of drug-likeness (QED) is 0.517. The van der Waals surface area contributed by atoms with Crippen molar-refractivity contribution in [1.82, 2.24) is 0 Å². The van der Waals surface area contributed by atoms with Gasteiger partial charge < -0.3 is 24.1 Å². The standard InChI is InChI=1S/C14H20O9S/c1-7(15)20-6-14(19)13(23-10(4)18)12(22-9(3)17)11(5-24-14)21-8(2)16/h11-13,19H,5-6H2,1-4H3/t11-,12+,13+,14+/m0/s1. The molecule has 1 saturated heterocycles. The maximum atomic E-state index is 11.4. The fourth-order valence-electron chi connectivity index (χ4n) is 2.17. The minimum atomic E-state index is -1.85. The number of aliphatic hydroxyl groups is 1. The molecule has 10 heteroatoms. The third-order valence-electron chi connectivity index (χ3n) is 3.00. The highest BCUT2D eigenvalue weighted by molar-refractivity contribution is 8.00. The summed E-state index contributed by atoms with van der Waals surface area (Å²) in [4.78, 5) is 43.2. The minimum Gasteiger partial charge on any atom is -0.462 e. The predicted molar refractivity (Wildman–Crippen MR) is 80.7 cm³/mol. The first kappa shape index (κ1) is 20.2. The summed E-state index contributed by atoms with van der Waals surface area (Å²) in [5.74, 6) is -2.67. The average Bonchev–Trinajstić information content (AvgIpc) is 2.43. The summed E-state index contributed by atoms with van der Waals surface area (Å²) < 4.78 is 20.1. The Labute approximate surface area is 142 Å². The Morgan fingerprint density at radius 2 is 1.50 bits per heavy atom. The van der Waals surface area contributed by atoms with Gasteiger partial charge in [-0.05, 0) is 0 Å². The molecule has 9 nitrogen and oxygen atoms in total. The molecule has 0 amide bonds. The Bertz CT molecular complexity index is 520. The SMILES string of the molecule is CC(=O)OC[C@@]1(O)SC[C@H](OC(C)=O)[C@@H](OC(C)=O)[C@H]1OC(C)=O. The van der Waals surface area contributed by atoms with E-state index in [1.807, 2.05) is 0 Å². The molecule has 1 fully saturated rings. The molecule has 0 aromatic carbocycles. The van der Waals surface area contributed by atoms with Gasteiger partial charge in [0.05, 0.1) is 0 Å². The predicted octanol–water partition coefficient (Wildman–Crippen LogP) is -0.220. The average molecular weight is 364 g/mol. The highest BCUT2D eigenvalue weighted by Gasteiger charge is 2.55. The van der Waals surface area contributed by atoms with Crippen LogP contribution in [-0.2, 0) is 38.1 Å². The summed E-state index contributed by atoms with van der Waals surface area (Å²) in [5.41, 5.74) is 0. The second kappa shape index (κ2) is 8.34. The Hall–Kier alpha value is -1.81. The van der Waals surface area contributed by atoms with Crippen molar-refractivity contribution in [3.63, 3.8) is 0 Å². The zero-order valence-electron chi connectivity index (χ0n) is 13.8. The molecule has 0 aliphatic carbocycles. The number of carbonyl (C=O) groups excluding carboxylic acids is 4. The first-order chi connectivity index (χ1) is 11.0. The monoisotopic (exact) mass is 364 g/mol. The summed E-state index contributed by atoms with van der Waals surface area (Å²) >= 11 is 0.871. The molecule has 0 spiro atoms. The van der Waals surface area contributed by atoms with Gasteiger partial charge in [-0.1, -0.05) is 0 Å². The van der Waals surface area contributed by atoms with E-state index < -0.39 is 53.7 Å². The molecular formula is C14H20O9S. The molecule has 0 saturated carbocycles. The smallest absolute Gasteiger partial charge is 0.303 e. The van der Waals surface area contributed by atoms with Gasteiger partial charge >= 0.3 is 23.9 Å². The lowest BCUT2D eigenvalue weighted by Gasteiger charge is -2.44. The summed E-state index contributed by atoms with van der Waals surface area (Å²) in [5, 5.41) is 10.7. The van der Waals surface area contributed by atoms with Crippen LogP contribution in [0.2, 0.25) is 0 Å². The van der Waals surface area contributed by atoms with E-state index in [9.17, 15) is 24.3 Å². The van der Waals surface area contributed by atoms with E-state index in [0.717, 1.165) is 32.5 Å². The molecule has 1 N–H and O–H groups in total. The van der Waals surface area contributed by atoms with Crippen LogP contribution in [0.4, 0.5) is 0 Å². The second-order valence-electron chi connectivity index (χ2n) is 5.19. The number of carbonyl (C=O) groups is 4. The van der Waals surface area contributed by atoms with Crippen LogP contribution in [0.1, 0.15) is 27.7 Å². The molecule has 1 rings (SSSR count). The third-order valence-corrected chi connectivity index (χ3v) is 4.35. The van der Waals surface area contributed by atoms with Gasteiger partial charge in [0.25, 0.3) is 0 Å². The zero-order chi connectivity index (χ0) is 18.5. The molecule has 0 aromatic rings. The largest absolute Gasteiger partial charge is 0.462 e. The molecular weight excluding hydrogens is 344 g/mol. The lowest BCUT2D eigenvalue weighted by atomic mass is 10.0. The topological polar surface area (TPSA) is 125 Å². The van der Waals surface area contributed by atoms with Crippen LogP contribution in [0.5, 0.6) is 0 Å². The summed E-state index contributed by atoms with van der Waals surface area (Å²) in [7, 11) is 0. The van der Waals surface area contributed by atoms with E-state index >= 15 is 0 Å². The fraction of sp³-hybridized carbons (Fsp3) is 0.714. The summed E-state index contributed by atoms with van der Waals surface area (Å²) in [6, 6.07) is 0. The molecule has 0 radical (unpaired) electrons. The van der Waals surface area contributed by atoms with E-state index in [0.29, 0.717) is 0 Å². The number of hydrogen-bond acceptors (Lipinski definition) is 10. The number of hydrogen-bond donors (Lipinski definition) is 1. The van der Waals surface area contributed by atoms with Gasteiger partial charge in [0.1, 0.15) is 6.61 Å². The molecule has 1 heterocycles. The summed E-state index contributed by atoms with van der Waals surface area (Å²) in [6.45, 7) is 4.08. The third kappa shape index (κ3) is 5.68. The maximum Gasteiger partial charge on any atom is 0.303 e. The van der Waals surface area contributed by atoms with E-state index in [1.165, 1.54) is 6.92 Å². The highest BCUT2D eigenvalue weighted by Crippen LogP contribution is 2.39. The number of esters is 4. The highest BCUT2D eigenvalue weighted by atomic mass is 32.2. The number of ether oxygens (including phenoxy) is 4. The van der Waals surface area contributed by atoms with Crippen LogP contribution in [-0.4, -0.2) is 64.6 Å². The lowest BCUT2D eigenvalue weighted by Crippen LogP contribution is -2.62. The van der Waals surface area contributed by atoms with Crippen molar-refractivity contribution in [2.24, 2.45) is 0 Å². The van der Waals surface area contributed by atoms with Crippen LogP contribution < -0.4 is 0 Å². The number of thioether (sulfide) groups is 1. The van der Waals surface area contributed by atoms with Gasteiger partial charge in [0.15, 0.2) is 23.2 Å². The van der Waals surface area contributed by atoms with Gasteiger partial charge in [-0.15, -0.1) is 11.8 Å². The zero-order valence-corrected chi connectivity index (χ0v) is 14.6. The Morgan fingerprint density at radius 3 is 1.96 bits per heavy atom. The van der Waals surface area contributed by atoms with Gasteiger partial charge in [0, 0.05) is 33.4 Å². The minimum absolute atomic E-state index is 0.0487. The van der Waals surface area contributed by atoms with Crippen molar-refractivity contribution >= 4 is 35.6 Å². The maximum absolute atomic E-state index is 11.4. The van der Waals surface area contributed by atoms with Crippen molar-refractivity contribution in [2.75, 3.05) is 12.4 Å². The summed E-state index contributed by atoms with van der Waals surface area (Å²) in [6.07, 6.45) is -3.56. The Morgan fingerprint density at radius 1 is 0.958 bits per heavy atom. The van der Waals surface area contributed by atoms with Gasteiger partial charge in [-0.25, -0.2) is 0 Å².